The average Bonchev–Trinajstić information content (AvgIpc) is 2.63. The highest BCUT2D eigenvalue weighted by molar-refractivity contribution is 7.92. The number of ether oxygens (including phenoxy) is 1. The number of nitrogens with one attached hydrogen (secondary N) is 1. The van der Waals surface area contributed by atoms with Gasteiger partial charge in [-0.15, -0.1) is 0 Å². The molecule has 0 radical (unpaired) electrons. The van der Waals surface area contributed by atoms with Gasteiger partial charge in [-0.2, -0.15) is 4.31 Å². The van der Waals surface area contributed by atoms with Crippen LogP contribution in [0.25, 0.3) is 0 Å². The summed E-state index contributed by atoms with van der Waals surface area (Å²) in [5.74, 6) is -0.539. The molecule has 29 heavy (non-hydrogen) atoms. The van der Waals surface area contributed by atoms with Crippen molar-refractivity contribution >= 4 is 25.7 Å². The third-order valence-corrected chi connectivity index (χ3v) is 7.42. The quantitative estimate of drug-likeness (QED) is 0.640. The molecule has 0 aliphatic rings. The Hall–Kier alpha value is -2.17. The molecule has 0 fully saturated rings. The molecule has 0 spiro atoms. The fourth-order valence-electron chi connectivity index (χ4n) is 2.66. The summed E-state index contributed by atoms with van der Waals surface area (Å²) in [6, 6.07) is 8.50. The van der Waals surface area contributed by atoms with Gasteiger partial charge >= 0.3 is 0 Å². The third kappa shape index (κ3) is 5.46. The molecule has 0 bridgehead atoms. The van der Waals surface area contributed by atoms with Gasteiger partial charge < -0.3 is 4.74 Å². The molecular weight excluding hydrogens is 419 g/mol. The van der Waals surface area contributed by atoms with Crippen LogP contribution < -0.4 is 9.46 Å². The van der Waals surface area contributed by atoms with Crippen LogP contribution in [0.2, 0.25) is 0 Å². The Labute approximate surface area is 171 Å². The minimum Gasteiger partial charge on any atom is -0.489 e. The number of benzene rings is 2. The zero-order valence-electron chi connectivity index (χ0n) is 16.7. The second kappa shape index (κ2) is 9.10. The van der Waals surface area contributed by atoms with Gasteiger partial charge in [0.1, 0.15) is 11.6 Å². The smallest absolute Gasteiger partial charge is 0.262 e. The maximum absolute atomic E-state index is 13.5. The molecule has 0 unspecified atom stereocenters. The standard InChI is InChI=1S/C19H25FN2O5S2/c1-5-22(6-2)29(25,26)17-10-11-19(27-14(3)4)18(13-17)21-28(23,24)16-9-7-8-15(20)12-16/h7-14,21H,5-6H2,1-4H3. The molecule has 0 aliphatic heterocycles. The Morgan fingerprint density at radius 2 is 1.66 bits per heavy atom. The highest BCUT2D eigenvalue weighted by Crippen LogP contribution is 2.32. The molecule has 2 aromatic rings. The molecule has 0 aliphatic carbocycles. The van der Waals surface area contributed by atoms with Crippen molar-refractivity contribution in [2.24, 2.45) is 0 Å². The van der Waals surface area contributed by atoms with Gasteiger partial charge in [0.15, 0.2) is 0 Å². The van der Waals surface area contributed by atoms with E-state index >= 15 is 0 Å². The monoisotopic (exact) mass is 444 g/mol. The van der Waals surface area contributed by atoms with E-state index in [4.69, 9.17) is 4.74 Å². The molecule has 160 valence electrons. The molecule has 10 heteroatoms. The van der Waals surface area contributed by atoms with Crippen LogP contribution in [0.4, 0.5) is 10.1 Å². The maximum Gasteiger partial charge on any atom is 0.262 e. The van der Waals surface area contributed by atoms with E-state index in [9.17, 15) is 21.2 Å². The lowest BCUT2D eigenvalue weighted by Crippen LogP contribution is -2.30. The Bertz CT molecular complexity index is 1070. The van der Waals surface area contributed by atoms with Crippen molar-refractivity contribution in [2.45, 2.75) is 43.6 Å². The van der Waals surface area contributed by atoms with E-state index in [0.717, 1.165) is 12.1 Å². The topological polar surface area (TPSA) is 92.8 Å². The van der Waals surface area contributed by atoms with E-state index in [2.05, 4.69) is 4.72 Å². The summed E-state index contributed by atoms with van der Waals surface area (Å²) in [6.45, 7) is 7.48. The molecule has 2 aromatic carbocycles. The highest BCUT2D eigenvalue weighted by atomic mass is 32.2. The second-order valence-electron chi connectivity index (χ2n) is 6.48. The zero-order chi connectivity index (χ0) is 21.8. The van der Waals surface area contributed by atoms with Gasteiger partial charge in [-0.1, -0.05) is 19.9 Å². The number of hydrogen-bond acceptors (Lipinski definition) is 5. The van der Waals surface area contributed by atoms with Gasteiger partial charge in [0.05, 0.1) is 21.6 Å². The largest absolute Gasteiger partial charge is 0.489 e. The predicted molar refractivity (Wildman–Crippen MR) is 110 cm³/mol. The van der Waals surface area contributed by atoms with E-state index in [-0.39, 0.29) is 40.4 Å². The Morgan fingerprint density at radius 1 is 1.00 bits per heavy atom. The molecule has 0 heterocycles. The van der Waals surface area contributed by atoms with Crippen LogP contribution in [0.1, 0.15) is 27.7 Å². The lowest BCUT2D eigenvalue weighted by Gasteiger charge is -2.21. The first kappa shape index (κ1) is 23.1. The first-order valence-electron chi connectivity index (χ1n) is 9.10. The number of nitrogens with zero attached hydrogens (tertiary/aromatic N) is 1. The van der Waals surface area contributed by atoms with Crippen molar-refractivity contribution in [3.05, 3.63) is 48.3 Å². The van der Waals surface area contributed by atoms with Crippen molar-refractivity contribution in [2.75, 3.05) is 17.8 Å². The number of rotatable bonds is 9. The number of anilines is 1. The fraction of sp³-hybridized carbons (Fsp3) is 0.368. The summed E-state index contributed by atoms with van der Waals surface area (Å²) in [5.41, 5.74) is -0.0452. The average molecular weight is 445 g/mol. The Morgan fingerprint density at radius 3 is 2.21 bits per heavy atom. The SMILES string of the molecule is CCN(CC)S(=O)(=O)c1ccc(OC(C)C)c(NS(=O)(=O)c2cccc(F)c2)c1. The minimum absolute atomic E-state index is 0.0452. The highest BCUT2D eigenvalue weighted by Gasteiger charge is 2.25. The molecule has 0 amide bonds. The molecular formula is C19H25FN2O5S2. The van der Waals surface area contributed by atoms with Crippen LogP contribution in [-0.4, -0.2) is 40.3 Å². The van der Waals surface area contributed by atoms with Crippen LogP contribution in [-0.2, 0) is 20.0 Å². The van der Waals surface area contributed by atoms with Gasteiger partial charge in [0, 0.05) is 13.1 Å². The van der Waals surface area contributed by atoms with Gasteiger partial charge in [-0.05, 0) is 50.2 Å². The number of sulfonamides is 2. The first-order valence-corrected chi connectivity index (χ1v) is 12.0. The summed E-state index contributed by atoms with van der Waals surface area (Å²) in [4.78, 5) is -0.362. The number of halogens is 1. The van der Waals surface area contributed by atoms with Crippen LogP contribution in [0.15, 0.2) is 52.3 Å². The van der Waals surface area contributed by atoms with E-state index < -0.39 is 25.9 Å². The molecule has 0 aromatic heterocycles. The van der Waals surface area contributed by atoms with Gasteiger partial charge in [0.2, 0.25) is 10.0 Å². The van der Waals surface area contributed by atoms with E-state index in [1.165, 1.54) is 34.6 Å². The van der Waals surface area contributed by atoms with Crippen molar-refractivity contribution in [1.29, 1.82) is 0 Å². The third-order valence-electron chi connectivity index (χ3n) is 4.01. The summed E-state index contributed by atoms with van der Waals surface area (Å²) < 4.78 is 73.7. The minimum atomic E-state index is -4.17. The van der Waals surface area contributed by atoms with E-state index in [0.29, 0.717) is 0 Å². The first-order chi connectivity index (χ1) is 13.5. The van der Waals surface area contributed by atoms with Crippen molar-refractivity contribution in [3.63, 3.8) is 0 Å². The van der Waals surface area contributed by atoms with Crippen LogP contribution in [0.3, 0.4) is 0 Å². The Balaban J connectivity index is 2.55. The molecule has 0 atom stereocenters. The molecule has 2 rings (SSSR count). The lowest BCUT2D eigenvalue weighted by atomic mass is 10.3. The molecule has 7 nitrogen and oxygen atoms in total. The van der Waals surface area contributed by atoms with Crippen molar-refractivity contribution < 1.29 is 26.0 Å². The summed E-state index contributed by atoms with van der Waals surface area (Å²) in [7, 11) is -7.98. The summed E-state index contributed by atoms with van der Waals surface area (Å²) in [5, 5.41) is 0. The van der Waals surface area contributed by atoms with E-state index in [1.807, 2.05) is 0 Å². The molecule has 1 N–H and O–H groups in total. The summed E-state index contributed by atoms with van der Waals surface area (Å²) in [6.07, 6.45) is -0.280. The number of hydrogen-bond donors (Lipinski definition) is 1. The van der Waals surface area contributed by atoms with Crippen molar-refractivity contribution in [3.8, 4) is 5.75 Å². The Kier molecular flexibility index (Phi) is 7.25. The zero-order valence-corrected chi connectivity index (χ0v) is 18.3. The van der Waals surface area contributed by atoms with E-state index in [1.54, 1.807) is 27.7 Å². The molecule has 0 saturated carbocycles. The van der Waals surface area contributed by atoms with Crippen LogP contribution in [0.5, 0.6) is 5.75 Å². The summed E-state index contributed by atoms with van der Waals surface area (Å²) >= 11 is 0. The normalized spacial score (nSPS) is 12.4. The van der Waals surface area contributed by atoms with Crippen molar-refractivity contribution in [1.82, 2.24) is 4.31 Å². The lowest BCUT2D eigenvalue weighted by molar-refractivity contribution is 0.243. The van der Waals surface area contributed by atoms with Gasteiger partial charge in [-0.25, -0.2) is 21.2 Å². The van der Waals surface area contributed by atoms with Crippen LogP contribution >= 0.6 is 0 Å². The molecule has 0 saturated heterocycles. The van der Waals surface area contributed by atoms with Gasteiger partial charge in [0.25, 0.3) is 10.0 Å². The fourth-order valence-corrected chi connectivity index (χ4v) is 5.23. The van der Waals surface area contributed by atoms with Gasteiger partial charge in [-0.3, -0.25) is 4.72 Å². The second-order valence-corrected chi connectivity index (χ2v) is 10.1. The predicted octanol–water partition coefficient (Wildman–Crippen LogP) is 3.44. The van der Waals surface area contributed by atoms with Crippen LogP contribution in [0, 0.1) is 5.82 Å². The maximum atomic E-state index is 13.5.